The van der Waals surface area contributed by atoms with E-state index in [-0.39, 0.29) is 24.4 Å². The Labute approximate surface area is 186 Å². The molecular formula is C24H39N3O4. The van der Waals surface area contributed by atoms with Crippen LogP contribution in [0, 0.1) is 0 Å². The topological polar surface area (TPSA) is 87.7 Å². The molecule has 0 aliphatic heterocycles. The Balaban J connectivity index is 3.11. The minimum atomic E-state index is -0.782. The molecule has 1 atom stereocenters. The number of aryl methyl sites for hydroxylation is 1. The molecule has 1 aromatic rings. The Hall–Kier alpha value is -2.57. The van der Waals surface area contributed by atoms with E-state index in [1.807, 2.05) is 38.1 Å². The molecule has 0 aliphatic rings. The van der Waals surface area contributed by atoms with Crippen molar-refractivity contribution < 1.29 is 19.1 Å². The first-order valence-corrected chi connectivity index (χ1v) is 11.1. The Bertz CT molecular complexity index is 723. The fourth-order valence-electron chi connectivity index (χ4n) is 3.14. The molecule has 0 radical (unpaired) electrons. The molecule has 7 heteroatoms. The second-order valence-electron chi connectivity index (χ2n) is 8.89. The minimum Gasteiger partial charge on any atom is -0.444 e. The van der Waals surface area contributed by atoms with Crippen LogP contribution < -0.4 is 10.6 Å². The van der Waals surface area contributed by atoms with Crippen molar-refractivity contribution in [2.75, 3.05) is 13.1 Å². The van der Waals surface area contributed by atoms with Gasteiger partial charge in [-0.3, -0.25) is 9.59 Å². The monoisotopic (exact) mass is 433 g/mol. The van der Waals surface area contributed by atoms with Gasteiger partial charge in [-0.15, -0.1) is 0 Å². The van der Waals surface area contributed by atoms with Gasteiger partial charge in [-0.05, 0) is 58.6 Å². The lowest BCUT2D eigenvalue weighted by atomic mass is 10.00. The summed E-state index contributed by atoms with van der Waals surface area (Å²) in [5.74, 6) is -0.576. The smallest absolute Gasteiger partial charge is 0.408 e. The molecule has 1 aromatic carbocycles. The van der Waals surface area contributed by atoms with Crippen LogP contribution in [-0.2, 0) is 20.7 Å². The van der Waals surface area contributed by atoms with Gasteiger partial charge in [-0.1, -0.05) is 44.5 Å². The molecule has 2 N–H and O–H groups in total. The third kappa shape index (κ3) is 8.99. The van der Waals surface area contributed by atoms with Gasteiger partial charge in [-0.2, -0.15) is 0 Å². The molecule has 0 saturated heterocycles. The highest BCUT2D eigenvalue weighted by molar-refractivity contribution is 5.90. The van der Waals surface area contributed by atoms with Crippen LogP contribution in [0.5, 0.6) is 0 Å². The Morgan fingerprint density at radius 2 is 1.65 bits per heavy atom. The van der Waals surface area contributed by atoms with Crippen LogP contribution in [0.2, 0.25) is 0 Å². The van der Waals surface area contributed by atoms with Crippen molar-refractivity contribution in [1.82, 2.24) is 15.5 Å². The van der Waals surface area contributed by atoms with E-state index in [4.69, 9.17) is 4.74 Å². The van der Waals surface area contributed by atoms with Crippen LogP contribution in [-0.4, -0.2) is 47.5 Å². The molecular weight excluding hydrogens is 394 g/mol. The summed E-state index contributed by atoms with van der Waals surface area (Å²) in [6.45, 7) is 13.4. The first-order valence-electron chi connectivity index (χ1n) is 11.1. The molecule has 0 heterocycles. The molecule has 0 aromatic heterocycles. The lowest BCUT2D eigenvalue weighted by Gasteiger charge is -2.35. The number of amides is 3. The predicted octanol–water partition coefficient (Wildman–Crippen LogP) is 3.97. The van der Waals surface area contributed by atoms with Crippen LogP contribution in [0.15, 0.2) is 24.3 Å². The van der Waals surface area contributed by atoms with Crippen LogP contribution in [0.1, 0.15) is 78.5 Å². The second kappa shape index (κ2) is 12.3. The number of nitrogens with one attached hydrogen (secondary N) is 2. The van der Waals surface area contributed by atoms with Crippen molar-refractivity contribution in [1.29, 1.82) is 0 Å². The summed E-state index contributed by atoms with van der Waals surface area (Å²) in [4.78, 5) is 39.8. The van der Waals surface area contributed by atoms with Crippen molar-refractivity contribution in [3.8, 4) is 0 Å². The molecule has 0 fully saturated rings. The van der Waals surface area contributed by atoms with Crippen molar-refractivity contribution in [2.45, 2.75) is 85.4 Å². The van der Waals surface area contributed by atoms with Gasteiger partial charge in [0.25, 0.3) is 0 Å². The molecule has 1 rings (SSSR count). The van der Waals surface area contributed by atoms with Crippen LogP contribution in [0.25, 0.3) is 0 Å². The highest BCUT2D eigenvalue weighted by Crippen LogP contribution is 2.24. The fourth-order valence-corrected chi connectivity index (χ4v) is 3.14. The maximum atomic E-state index is 13.1. The van der Waals surface area contributed by atoms with Gasteiger partial charge >= 0.3 is 6.09 Å². The fraction of sp³-hybridized carbons (Fsp3) is 0.625. The minimum absolute atomic E-state index is 0.225. The van der Waals surface area contributed by atoms with Crippen LogP contribution in [0.3, 0.4) is 0 Å². The number of carbonyl (C=O) groups is 3. The summed E-state index contributed by atoms with van der Waals surface area (Å²) < 4.78 is 5.21. The Morgan fingerprint density at radius 3 is 2.13 bits per heavy atom. The average Bonchev–Trinajstić information content (AvgIpc) is 2.68. The van der Waals surface area contributed by atoms with Gasteiger partial charge < -0.3 is 20.3 Å². The maximum absolute atomic E-state index is 13.1. The molecule has 0 aliphatic carbocycles. The van der Waals surface area contributed by atoms with Crippen molar-refractivity contribution in [3.63, 3.8) is 0 Å². The van der Waals surface area contributed by atoms with E-state index in [0.29, 0.717) is 6.54 Å². The van der Waals surface area contributed by atoms with Gasteiger partial charge in [0.2, 0.25) is 11.8 Å². The number of hydrogen-bond donors (Lipinski definition) is 2. The van der Waals surface area contributed by atoms with Gasteiger partial charge in [0.05, 0.1) is 0 Å². The first kappa shape index (κ1) is 26.5. The van der Waals surface area contributed by atoms with E-state index < -0.39 is 17.7 Å². The zero-order valence-electron chi connectivity index (χ0n) is 20.1. The summed E-state index contributed by atoms with van der Waals surface area (Å²) >= 11 is 0. The van der Waals surface area contributed by atoms with Gasteiger partial charge in [0.1, 0.15) is 18.2 Å². The van der Waals surface area contributed by atoms with Crippen LogP contribution >= 0.6 is 0 Å². The first-order chi connectivity index (χ1) is 14.5. The summed E-state index contributed by atoms with van der Waals surface area (Å²) in [6, 6.07) is 6.71. The summed E-state index contributed by atoms with van der Waals surface area (Å²) in [6.07, 6.45) is 2.05. The quantitative estimate of drug-likeness (QED) is 0.547. The number of rotatable bonds is 10. The third-order valence-corrected chi connectivity index (χ3v) is 4.69. The van der Waals surface area contributed by atoms with Crippen molar-refractivity contribution >= 4 is 17.9 Å². The molecule has 1 unspecified atom stereocenters. The molecule has 174 valence electrons. The van der Waals surface area contributed by atoms with E-state index in [9.17, 15) is 14.4 Å². The normalized spacial score (nSPS) is 12.3. The third-order valence-electron chi connectivity index (χ3n) is 4.69. The summed E-state index contributed by atoms with van der Waals surface area (Å²) in [5, 5.41) is 5.46. The molecule has 0 saturated carbocycles. The van der Waals surface area contributed by atoms with E-state index >= 15 is 0 Å². The van der Waals surface area contributed by atoms with Crippen molar-refractivity contribution in [2.24, 2.45) is 0 Å². The SMILES string of the molecule is CCCCNC(=O)C(c1ccc(CC)cc1)N(C(=O)CNC(=O)OC(C)(C)C)C(C)C. The van der Waals surface area contributed by atoms with Gasteiger partial charge in [0, 0.05) is 12.6 Å². The molecule has 7 nitrogen and oxygen atoms in total. The van der Waals surface area contributed by atoms with Crippen LogP contribution in [0.4, 0.5) is 4.79 Å². The highest BCUT2D eigenvalue weighted by atomic mass is 16.6. The van der Waals surface area contributed by atoms with Gasteiger partial charge in [-0.25, -0.2) is 4.79 Å². The number of carbonyl (C=O) groups excluding carboxylic acids is 3. The maximum Gasteiger partial charge on any atom is 0.408 e. The van der Waals surface area contributed by atoms with E-state index in [1.165, 1.54) is 4.90 Å². The van der Waals surface area contributed by atoms with E-state index in [1.54, 1.807) is 20.8 Å². The summed E-state index contributed by atoms with van der Waals surface area (Å²) in [7, 11) is 0. The lowest BCUT2D eigenvalue weighted by molar-refractivity contribution is -0.142. The molecule has 0 spiro atoms. The zero-order chi connectivity index (χ0) is 23.6. The number of alkyl carbamates (subject to hydrolysis) is 1. The standard InChI is InChI=1S/C24H39N3O4/c1-8-10-15-25-22(29)21(19-13-11-18(9-2)12-14-19)27(17(3)4)20(28)16-26-23(30)31-24(5,6)7/h11-14,17,21H,8-10,15-16H2,1-7H3,(H,25,29)(H,26,30). The average molecular weight is 434 g/mol. The van der Waals surface area contributed by atoms with E-state index in [0.717, 1.165) is 30.4 Å². The molecule has 3 amide bonds. The van der Waals surface area contributed by atoms with Crippen molar-refractivity contribution in [3.05, 3.63) is 35.4 Å². The predicted molar refractivity (Wildman–Crippen MR) is 123 cm³/mol. The molecule has 31 heavy (non-hydrogen) atoms. The van der Waals surface area contributed by atoms with Gasteiger partial charge in [0.15, 0.2) is 0 Å². The number of ether oxygens (including phenoxy) is 1. The second-order valence-corrected chi connectivity index (χ2v) is 8.89. The Morgan fingerprint density at radius 1 is 1.03 bits per heavy atom. The number of benzene rings is 1. The largest absolute Gasteiger partial charge is 0.444 e. The number of nitrogens with zero attached hydrogens (tertiary/aromatic N) is 1. The summed E-state index contributed by atoms with van der Waals surface area (Å²) in [5.41, 5.74) is 1.24. The highest BCUT2D eigenvalue weighted by Gasteiger charge is 2.33. The van der Waals surface area contributed by atoms with E-state index in [2.05, 4.69) is 24.5 Å². The lowest BCUT2D eigenvalue weighted by Crippen LogP contribution is -2.50. The number of unbranched alkanes of at least 4 members (excludes halogenated alkanes) is 1. The number of hydrogen-bond acceptors (Lipinski definition) is 4. The Kier molecular flexibility index (Phi) is 10.5. The molecule has 0 bridgehead atoms. The zero-order valence-corrected chi connectivity index (χ0v) is 20.1.